The molecule has 0 aliphatic carbocycles. The standard InChI is InChI=1S/C13H18F3NOS/c1-9(2)5-6-19(18)8-10-3-4-11(17)7-12(10)13(14,15)16/h3-4,7,9H,5-6,8,17H2,1-2H3. The van der Waals surface area contributed by atoms with Gasteiger partial charge < -0.3 is 5.73 Å². The number of rotatable bonds is 5. The lowest BCUT2D eigenvalue weighted by molar-refractivity contribution is -0.138. The first-order valence-electron chi connectivity index (χ1n) is 6.00. The van der Waals surface area contributed by atoms with Gasteiger partial charge in [-0.05, 0) is 30.0 Å². The van der Waals surface area contributed by atoms with Crippen LogP contribution < -0.4 is 5.73 Å². The summed E-state index contributed by atoms with van der Waals surface area (Å²) in [5.74, 6) is 0.721. The van der Waals surface area contributed by atoms with E-state index in [1.165, 1.54) is 12.1 Å². The van der Waals surface area contributed by atoms with Crippen LogP contribution in [-0.2, 0) is 22.7 Å². The maximum atomic E-state index is 12.8. The van der Waals surface area contributed by atoms with E-state index in [-0.39, 0.29) is 17.0 Å². The van der Waals surface area contributed by atoms with Crippen LogP contribution >= 0.6 is 0 Å². The van der Waals surface area contributed by atoms with Crippen LogP contribution in [0.4, 0.5) is 18.9 Å². The normalized spacial score (nSPS) is 13.8. The first kappa shape index (κ1) is 16.0. The highest BCUT2D eigenvalue weighted by Crippen LogP contribution is 2.33. The van der Waals surface area contributed by atoms with Crippen molar-refractivity contribution in [2.45, 2.75) is 32.2 Å². The van der Waals surface area contributed by atoms with Crippen molar-refractivity contribution in [1.29, 1.82) is 0 Å². The zero-order chi connectivity index (χ0) is 14.6. The first-order valence-corrected chi connectivity index (χ1v) is 7.49. The molecule has 19 heavy (non-hydrogen) atoms. The lowest BCUT2D eigenvalue weighted by Crippen LogP contribution is -2.12. The third kappa shape index (κ3) is 5.22. The van der Waals surface area contributed by atoms with Gasteiger partial charge in [0.2, 0.25) is 0 Å². The van der Waals surface area contributed by atoms with Crippen molar-refractivity contribution in [2.75, 3.05) is 11.5 Å². The largest absolute Gasteiger partial charge is 0.416 e. The van der Waals surface area contributed by atoms with Crippen LogP contribution in [0, 0.1) is 5.92 Å². The van der Waals surface area contributed by atoms with Gasteiger partial charge in [-0.25, -0.2) is 0 Å². The second-order valence-corrected chi connectivity index (χ2v) is 6.46. The number of alkyl halides is 3. The van der Waals surface area contributed by atoms with Gasteiger partial charge in [-0.2, -0.15) is 13.2 Å². The van der Waals surface area contributed by atoms with Gasteiger partial charge in [0.1, 0.15) is 0 Å². The third-order valence-electron chi connectivity index (χ3n) is 2.68. The Hall–Kier alpha value is -1.04. The predicted octanol–water partition coefficient (Wildman–Crippen LogP) is 3.58. The molecule has 0 aromatic heterocycles. The maximum absolute atomic E-state index is 12.8. The minimum absolute atomic E-state index is 0.0452. The Kier molecular flexibility index (Phi) is 5.40. The van der Waals surface area contributed by atoms with E-state index in [9.17, 15) is 17.4 Å². The molecule has 0 bridgehead atoms. The maximum Gasteiger partial charge on any atom is 0.416 e. The summed E-state index contributed by atoms with van der Waals surface area (Å²) in [7, 11) is -1.28. The Balaban J connectivity index is 2.86. The number of halogens is 3. The van der Waals surface area contributed by atoms with E-state index in [1.54, 1.807) is 0 Å². The summed E-state index contributed by atoms with van der Waals surface area (Å²) in [5, 5.41) is 0. The van der Waals surface area contributed by atoms with E-state index in [2.05, 4.69) is 0 Å². The van der Waals surface area contributed by atoms with Gasteiger partial charge in [0.15, 0.2) is 0 Å². The molecule has 1 atom stereocenters. The number of nitrogens with two attached hydrogens (primary N) is 1. The Morgan fingerprint density at radius 3 is 2.47 bits per heavy atom. The second-order valence-electron chi connectivity index (χ2n) is 4.89. The summed E-state index contributed by atoms with van der Waals surface area (Å²) in [4.78, 5) is 0. The van der Waals surface area contributed by atoms with E-state index in [1.807, 2.05) is 13.8 Å². The van der Waals surface area contributed by atoms with Crippen molar-refractivity contribution in [3.63, 3.8) is 0 Å². The molecule has 1 aromatic carbocycles. The van der Waals surface area contributed by atoms with Gasteiger partial charge in [-0.15, -0.1) is 0 Å². The van der Waals surface area contributed by atoms with Crippen molar-refractivity contribution in [3.8, 4) is 0 Å². The summed E-state index contributed by atoms with van der Waals surface area (Å²) in [6.07, 6.45) is -3.73. The Labute approximate surface area is 113 Å². The molecule has 1 unspecified atom stereocenters. The third-order valence-corrected chi connectivity index (χ3v) is 4.00. The first-order chi connectivity index (χ1) is 8.70. The number of nitrogen functional groups attached to an aromatic ring is 1. The van der Waals surface area contributed by atoms with Crippen molar-refractivity contribution in [3.05, 3.63) is 29.3 Å². The van der Waals surface area contributed by atoms with Crippen LogP contribution in [0.25, 0.3) is 0 Å². The van der Waals surface area contributed by atoms with Crippen LogP contribution in [0.5, 0.6) is 0 Å². The van der Waals surface area contributed by atoms with Crippen molar-refractivity contribution in [1.82, 2.24) is 0 Å². The fraction of sp³-hybridized carbons (Fsp3) is 0.538. The minimum atomic E-state index is -4.47. The van der Waals surface area contributed by atoms with Gasteiger partial charge in [-0.1, -0.05) is 19.9 Å². The van der Waals surface area contributed by atoms with Crippen LogP contribution in [0.15, 0.2) is 18.2 Å². The minimum Gasteiger partial charge on any atom is -0.399 e. The van der Waals surface area contributed by atoms with E-state index >= 15 is 0 Å². The lowest BCUT2D eigenvalue weighted by atomic mass is 10.1. The molecule has 0 saturated heterocycles. The summed E-state index contributed by atoms with van der Waals surface area (Å²) >= 11 is 0. The van der Waals surface area contributed by atoms with Crippen LogP contribution in [-0.4, -0.2) is 9.96 Å². The molecule has 0 radical (unpaired) electrons. The molecule has 6 heteroatoms. The van der Waals surface area contributed by atoms with Crippen molar-refractivity contribution in [2.24, 2.45) is 5.92 Å². The zero-order valence-corrected chi connectivity index (χ0v) is 11.8. The fourth-order valence-corrected chi connectivity index (χ4v) is 3.07. The molecular formula is C13H18F3NOS. The van der Waals surface area contributed by atoms with Gasteiger partial charge in [0.25, 0.3) is 0 Å². The molecule has 0 heterocycles. The average Bonchev–Trinajstić information content (AvgIpc) is 2.27. The number of benzene rings is 1. The smallest absolute Gasteiger partial charge is 0.399 e. The molecular weight excluding hydrogens is 275 g/mol. The lowest BCUT2D eigenvalue weighted by Gasteiger charge is -2.13. The molecule has 0 saturated carbocycles. The van der Waals surface area contributed by atoms with Gasteiger partial charge in [-0.3, -0.25) is 4.21 Å². The monoisotopic (exact) mass is 293 g/mol. The molecule has 0 aliphatic heterocycles. The Morgan fingerprint density at radius 2 is 1.95 bits per heavy atom. The Morgan fingerprint density at radius 1 is 1.32 bits per heavy atom. The van der Waals surface area contributed by atoms with Gasteiger partial charge in [0, 0.05) is 28.0 Å². The molecule has 0 fully saturated rings. The average molecular weight is 293 g/mol. The summed E-state index contributed by atoms with van der Waals surface area (Å²) in [6.45, 7) is 3.98. The van der Waals surface area contributed by atoms with E-state index in [0.717, 1.165) is 12.5 Å². The summed E-state index contributed by atoms with van der Waals surface area (Å²) < 4.78 is 50.3. The van der Waals surface area contributed by atoms with Crippen LogP contribution in [0.1, 0.15) is 31.4 Å². The molecule has 1 aromatic rings. The molecule has 0 amide bonds. The topological polar surface area (TPSA) is 43.1 Å². The van der Waals surface area contributed by atoms with Gasteiger partial charge >= 0.3 is 6.18 Å². The van der Waals surface area contributed by atoms with Gasteiger partial charge in [0.05, 0.1) is 5.56 Å². The molecule has 2 N–H and O–H groups in total. The van der Waals surface area contributed by atoms with Crippen LogP contribution in [0.2, 0.25) is 0 Å². The number of hydrogen-bond donors (Lipinski definition) is 1. The van der Waals surface area contributed by atoms with E-state index in [0.29, 0.717) is 11.7 Å². The van der Waals surface area contributed by atoms with Crippen molar-refractivity contribution >= 4 is 16.5 Å². The highest BCUT2D eigenvalue weighted by molar-refractivity contribution is 7.84. The van der Waals surface area contributed by atoms with E-state index in [4.69, 9.17) is 5.73 Å². The fourth-order valence-electron chi connectivity index (χ4n) is 1.60. The number of anilines is 1. The SMILES string of the molecule is CC(C)CCS(=O)Cc1ccc(N)cc1C(F)(F)F. The quantitative estimate of drug-likeness (QED) is 0.843. The molecule has 1 rings (SSSR count). The zero-order valence-electron chi connectivity index (χ0n) is 11.0. The summed E-state index contributed by atoms with van der Waals surface area (Å²) in [6, 6.07) is 3.62. The Bertz CT molecular complexity index is 458. The highest BCUT2D eigenvalue weighted by atomic mass is 32.2. The highest BCUT2D eigenvalue weighted by Gasteiger charge is 2.33. The number of hydrogen-bond acceptors (Lipinski definition) is 2. The summed E-state index contributed by atoms with van der Waals surface area (Å²) in [5.41, 5.74) is 4.70. The second kappa shape index (κ2) is 6.41. The molecule has 2 nitrogen and oxygen atoms in total. The molecule has 0 spiro atoms. The van der Waals surface area contributed by atoms with Crippen LogP contribution in [0.3, 0.4) is 0 Å². The molecule has 0 aliphatic rings. The van der Waals surface area contributed by atoms with Crippen molar-refractivity contribution < 1.29 is 17.4 Å². The van der Waals surface area contributed by atoms with E-state index < -0.39 is 22.5 Å². The molecule has 108 valence electrons. The predicted molar refractivity (Wildman–Crippen MR) is 72.0 cm³/mol.